The molecule has 0 unspecified atom stereocenters. The number of benzene rings is 2. The summed E-state index contributed by atoms with van der Waals surface area (Å²) in [6, 6.07) is 14.9. The van der Waals surface area contributed by atoms with Crippen LogP contribution in [0.2, 0.25) is 0 Å². The fourth-order valence-corrected chi connectivity index (χ4v) is 4.27. The highest BCUT2D eigenvalue weighted by Crippen LogP contribution is 2.36. The third kappa shape index (κ3) is 4.09. The van der Waals surface area contributed by atoms with Gasteiger partial charge in [-0.2, -0.15) is 18.3 Å². The van der Waals surface area contributed by atoms with Crippen LogP contribution in [0.4, 0.5) is 24.5 Å². The zero-order chi connectivity index (χ0) is 23.9. The monoisotopic (exact) mass is 465 g/mol. The van der Waals surface area contributed by atoms with Crippen molar-refractivity contribution in [3.05, 3.63) is 77.6 Å². The maximum atomic E-state index is 13.4. The van der Waals surface area contributed by atoms with E-state index in [0.717, 1.165) is 49.0 Å². The van der Waals surface area contributed by atoms with Gasteiger partial charge in [0.05, 0.1) is 39.9 Å². The largest absolute Gasteiger partial charge is 0.416 e. The first kappa shape index (κ1) is 21.9. The summed E-state index contributed by atoms with van der Waals surface area (Å²) in [5.74, 6) is 0.0244. The quantitative estimate of drug-likeness (QED) is 0.426. The average molecular weight is 465 g/mol. The molecule has 0 aliphatic carbocycles. The Morgan fingerprint density at radius 2 is 1.79 bits per heavy atom. The van der Waals surface area contributed by atoms with E-state index in [-0.39, 0.29) is 11.3 Å². The number of halogens is 3. The lowest BCUT2D eigenvalue weighted by molar-refractivity contribution is -0.137. The molecule has 6 nitrogen and oxygen atoms in total. The second-order valence-electron chi connectivity index (χ2n) is 8.30. The molecule has 0 spiro atoms. The number of hydrogen-bond acceptors (Lipinski definition) is 4. The van der Waals surface area contributed by atoms with Crippen LogP contribution in [0.1, 0.15) is 34.5 Å². The van der Waals surface area contributed by atoms with Crippen LogP contribution >= 0.6 is 0 Å². The standard InChI is InChI=1S/C25H22F3N5O/c1-16-19(15-29-33(16)23-11-8-17-6-2-3-7-20(17)30-23)24(34)31-21-14-18(25(26,27)28)9-10-22(21)32-12-4-5-13-32/h2-3,6-11,14-15H,4-5,12-13H2,1H3,(H,31,34). The van der Waals surface area contributed by atoms with E-state index in [2.05, 4.69) is 15.4 Å². The van der Waals surface area contributed by atoms with Crippen LogP contribution in [0.3, 0.4) is 0 Å². The molecule has 0 bridgehead atoms. The molecule has 1 saturated heterocycles. The molecule has 1 fully saturated rings. The van der Waals surface area contributed by atoms with Crippen LogP contribution < -0.4 is 10.2 Å². The molecule has 4 aromatic rings. The van der Waals surface area contributed by atoms with Crippen molar-refractivity contribution >= 4 is 28.2 Å². The van der Waals surface area contributed by atoms with Crippen LogP contribution in [0, 0.1) is 6.92 Å². The van der Waals surface area contributed by atoms with E-state index in [1.165, 1.54) is 12.3 Å². The molecule has 2 aromatic heterocycles. The first-order valence-corrected chi connectivity index (χ1v) is 11.0. The SMILES string of the molecule is Cc1c(C(=O)Nc2cc(C(F)(F)F)ccc2N2CCCC2)cnn1-c1ccc2ccccc2n1. The number of nitrogens with zero attached hydrogens (tertiary/aromatic N) is 4. The normalized spacial score (nSPS) is 14.1. The van der Waals surface area contributed by atoms with Gasteiger partial charge in [0.2, 0.25) is 0 Å². The summed E-state index contributed by atoms with van der Waals surface area (Å²) in [5.41, 5.74) is 1.51. The van der Waals surface area contributed by atoms with Crippen molar-refractivity contribution in [3.63, 3.8) is 0 Å². The Morgan fingerprint density at radius 3 is 2.56 bits per heavy atom. The molecule has 1 amide bonds. The molecule has 174 valence electrons. The molecular weight excluding hydrogens is 443 g/mol. The second-order valence-corrected chi connectivity index (χ2v) is 8.30. The number of hydrogen-bond donors (Lipinski definition) is 1. The molecule has 9 heteroatoms. The summed E-state index contributed by atoms with van der Waals surface area (Å²) in [7, 11) is 0. The molecule has 1 aliphatic heterocycles. The molecule has 1 N–H and O–H groups in total. The number of fused-ring (bicyclic) bond motifs is 1. The zero-order valence-corrected chi connectivity index (χ0v) is 18.4. The number of pyridine rings is 1. The number of rotatable bonds is 4. The second kappa shape index (κ2) is 8.48. The lowest BCUT2D eigenvalue weighted by Crippen LogP contribution is -2.22. The van der Waals surface area contributed by atoms with Gasteiger partial charge in [-0.3, -0.25) is 4.79 Å². The average Bonchev–Trinajstić information content (AvgIpc) is 3.48. The van der Waals surface area contributed by atoms with Crippen molar-refractivity contribution in [2.45, 2.75) is 25.9 Å². The summed E-state index contributed by atoms with van der Waals surface area (Å²) >= 11 is 0. The topological polar surface area (TPSA) is 63.1 Å². The fourth-order valence-electron chi connectivity index (χ4n) is 4.27. The Hall–Kier alpha value is -3.88. The van der Waals surface area contributed by atoms with Gasteiger partial charge in [0.1, 0.15) is 0 Å². The number of aromatic nitrogens is 3. The van der Waals surface area contributed by atoms with Gasteiger partial charge in [-0.25, -0.2) is 9.67 Å². The smallest absolute Gasteiger partial charge is 0.370 e. The van der Waals surface area contributed by atoms with Gasteiger partial charge in [0, 0.05) is 18.5 Å². The van der Waals surface area contributed by atoms with E-state index in [1.54, 1.807) is 11.6 Å². The minimum Gasteiger partial charge on any atom is -0.370 e. The summed E-state index contributed by atoms with van der Waals surface area (Å²) < 4.78 is 41.6. The van der Waals surface area contributed by atoms with Gasteiger partial charge in [-0.05, 0) is 56.2 Å². The van der Waals surface area contributed by atoms with Gasteiger partial charge < -0.3 is 10.2 Å². The third-order valence-corrected chi connectivity index (χ3v) is 6.07. The molecule has 0 saturated carbocycles. The van der Waals surface area contributed by atoms with Crippen molar-refractivity contribution in [3.8, 4) is 5.82 Å². The first-order chi connectivity index (χ1) is 16.3. The summed E-state index contributed by atoms with van der Waals surface area (Å²) in [4.78, 5) is 19.7. The van der Waals surface area contributed by atoms with Crippen LogP contribution in [-0.4, -0.2) is 33.8 Å². The molecular formula is C25H22F3N5O. The van der Waals surface area contributed by atoms with Crippen molar-refractivity contribution in [1.29, 1.82) is 0 Å². The lowest BCUT2D eigenvalue weighted by atomic mass is 10.1. The van der Waals surface area contributed by atoms with Crippen molar-refractivity contribution in [2.75, 3.05) is 23.3 Å². The highest BCUT2D eigenvalue weighted by molar-refractivity contribution is 6.06. The van der Waals surface area contributed by atoms with Crippen LogP contribution in [-0.2, 0) is 6.18 Å². The maximum Gasteiger partial charge on any atom is 0.416 e. The third-order valence-electron chi connectivity index (χ3n) is 6.07. The number of nitrogens with one attached hydrogen (secondary N) is 1. The van der Waals surface area contributed by atoms with E-state index < -0.39 is 17.6 Å². The molecule has 1 aliphatic rings. The summed E-state index contributed by atoms with van der Waals surface area (Å²) in [6.45, 7) is 3.20. The van der Waals surface area contributed by atoms with Crippen molar-refractivity contribution < 1.29 is 18.0 Å². The highest BCUT2D eigenvalue weighted by Gasteiger charge is 2.32. The van der Waals surface area contributed by atoms with E-state index in [1.807, 2.05) is 41.3 Å². The van der Waals surface area contributed by atoms with E-state index in [0.29, 0.717) is 17.2 Å². The molecule has 34 heavy (non-hydrogen) atoms. The molecule has 0 atom stereocenters. The van der Waals surface area contributed by atoms with E-state index in [9.17, 15) is 18.0 Å². The lowest BCUT2D eigenvalue weighted by Gasteiger charge is -2.23. The van der Waals surface area contributed by atoms with E-state index in [4.69, 9.17) is 0 Å². The Morgan fingerprint density at radius 1 is 1.03 bits per heavy atom. The van der Waals surface area contributed by atoms with Gasteiger partial charge in [-0.15, -0.1) is 0 Å². The highest BCUT2D eigenvalue weighted by atomic mass is 19.4. The predicted octanol–water partition coefficient (Wildman–Crippen LogP) is 5.60. The molecule has 0 radical (unpaired) electrons. The minimum absolute atomic E-state index is 0.137. The Kier molecular flexibility index (Phi) is 5.47. The van der Waals surface area contributed by atoms with Crippen LogP contribution in [0.25, 0.3) is 16.7 Å². The van der Waals surface area contributed by atoms with Gasteiger partial charge in [0.25, 0.3) is 5.91 Å². The Balaban J connectivity index is 1.47. The van der Waals surface area contributed by atoms with Crippen LogP contribution in [0.15, 0.2) is 60.8 Å². The van der Waals surface area contributed by atoms with Gasteiger partial charge >= 0.3 is 6.18 Å². The molecule has 2 aromatic carbocycles. The number of alkyl halides is 3. The van der Waals surface area contributed by atoms with Crippen LogP contribution in [0.5, 0.6) is 0 Å². The number of anilines is 2. The fraction of sp³-hybridized carbons (Fsp3) is 0.240. The Labute approximate surface area is 194 Å². The minimum atomic E-state index is -4.51. The first-order valence-electron chi connectivity index (χ1n) is 11.0. The van der Waals surface area contributed by atoms with Crippen molar-refractivity contribution in [1.82, 2.24) is 14.8 Å². The summed E-state index contributed by atoms with van der Waals surface area (Å²) in [6.07, 6.45) is -1.19. The van der Waals surface area contributed by atoms with Gasteiger partial charge in [-0.1, -0.05) is 18.2 Å². The maximum absolute atomic E-state index is 13.4. The molecule has 3 heterocycles. The number of amides is 1. The predicted molar refractivity (Wildman–Crippen MR) is 124 cm³/mol. The number of carbonyl (C=O) groups is 1. The Bertz CT molecular complexity index is 1370. The van der Waals surface area contributed by atoms with Gasteiger partial charge in [0.15, 0.2) is 5.82 Å². The molecule has 5 rings (SSSR count). The van der Waals surface area contributed by atoms with E-state index >= 15 is 0 Å². The zero-order valence-electron chi connectivity index (χ0n) is 18.4. The van der Waals surface area contributed by atoms with Crippen molar-refractivity contribution in [2.24, 2.45) is 0 Å². The summed E-state index contributed by atoms with van der Waals surface area (Å²) in [5, 5.41) is 7.99. The number of para-hydroxylation sites is 1. The number of carbonyl (C=O) groups excluding carboxylic acids is 1.